The van der Waals surface area contributed by atoms with Crippen LogP contribution in [0.4, 0.5) is 0 Å². The summed E-state index contributed by atoms with van der Waals surface area (Å²) in [6, 6.07) is 2.92. The lowest BCUT2D eigenvalue weighted by Crippen LogP contribution is -2.61. The van der Waals surface area contributed by atoms with E-state index >= 15 is 0 Å². The maximum atomic E-state index is 4.69. The van der Waals surface area contributed by atoms with Gasteiger partial charge in [0.1, 0.15) is 0 Å². The molecular weight excluding hydrogens is 260 g/mol. The Kier molecular flexibility index (Phi) is 5.44. The smallest absolute Gasteiger partial charge is 0.0625 e. The Morgan fingerprint density at radius 1 is 1.33 bits per heavy atom. The van der Waals surface area contributed by atoms with Gasteiger partial charge >= 0.3 is 0 Å². The van der Waals surface area contributed by atoms with Gasteiger partial charge in [0.25, 0.3) is 0 Å². The van der Waals surface area contributed by atoms with Gasteiger partial charge in [-0.1, -0.05) is 20.3 Å². The molecule has 0 saturated carbocycles. The van der Waals surface area contributed by atoms with Gasteiger partial charge in [-0.15, -0.1) is 0 Å². The summed E-state index contributed by atoms with van der Waals surface area (Å²) in [6.45, 7) is 15.5. The summed E-state index contributed by atoms with van der Waals surface area (Å²) in [4.78, 5) is 2.63. The lowest BCUT2D eigenvalue weighted by Gasteiger charge is -2.46. The fourth-order valence-electron chi connectivity index (χ4n) is 3.19. The van der Waals surface area contributed by atoms with Gasteiger partial charge in [-0.3, -0.25) is 9.58 Å². The third-order valence-electron chi connectivity index (χ3n) is 4.69. The first-order valence-corrected chi connectivity index (χ1v) is 8.54. The molecule has 2 rings (SSSR count). The predicted octanol–water partition coefficient (Wildman–Crippen LogP) is 2.82. The summed E-state index contributed by atoms with van der Waals surface area (Å²) >= 11 is 0. The van der Waals surface area contributed by atoms with Gasteiger partial charge in [-0.25, -0.2) is 0 Å². The number of nitrogens with zero attached hydrogens (tertiary/aromatic N) is 3. The fraction of sp³-hybridized carbons (Fsp3) is 0.824. The number of rotatable bonds is 6. The monoisotopic (exact) mass is 292 g/mol. The van der Waals surface area contributed by atoms with Crippen LogP contribution in [0.15, 0.2) is 6.07 Å². The summed E-state index contributed by atoms with van der Waals surface area (Å²) in [5, 5.41) is 8.40. The molecule has 1 aliphatic rings. The molecule has 0 bridgehead atoms. The molecule has 1 saturated heterocycles. The second-order valence-electron chi connectivity index (χ2n) is 6.86. The van der Waals surface area contributed by atoms with E-state index in [0.717, 1.165) is 32.6 Å². The van der Waals surface area contributed by atoms with Gasteiger partial charge in [0.15, 0.2) is 0 Å². The third kappa shape index (κ3) is 3.86. The van der Waals surface area contributed by atoms with Crippen molar-refractivity contribution in [3.05, 3.63) is 17.5 Å². The summed E-state index contributed by atoms with van der Waals surface area (Å²) < 4.78 is 2.17. The Hall–Kier alpha value is -0.870. The zero-order valence-electron chi connectivity index (χ0n) is 14.4. The Morgan fingerprint density at radius 2 is 2.10 bits per heavy atom. The van der Waals surface area contributed by atoms with Gasteiger partial charge in [-0.05, 0) is 39.7 Å². The molecule has 1 aliphatic heterocycles. The molecule has 0 aliphatic carbocycles. The van der Waals surface area contributed by atoms with Crippen LogP contribution in [0.1, 0.15) is 58.8 Å². The van der Waals surface area contributed by atoms with Gasteiger partial charge in [0.05, 0.1) is 11.4 Å². The Labute approximate surface area is 129 Å². The van der Waals surface area contributed by atoms with Crippen molar-refractivity contribution in [3.63, 3.8) is 0 Å². The lowest BCUT2D eigenvalue weighted by atomic mass is 9.95. The van der Waals surface area contributed by atoms with E-state index in [1.54, 1.807) is 0 Å². The van der Waals surface area contributed by atoms with Crippen LogP contribution in [0.5, 0.6) is 0 Å². The van der Waals surface area contributed by atoms with Crippen LogP contribution >= 0.6 is 0 Å². The van der Waals surface area contributed by atoms with E-state index in [-0.39, 0.29) is 5.54 Å². The van der Waals surface area contributed by atoms with Crippen LogP contribution < -0.4 is 5.32 Å². The fourth-order valence-corrected chi connectivity index (χ4v) is 3.19. The maximum Gasteiger partial charge on any atom is 0.0625 e. The number of piperazine rings is 1. The molecule has 0 spiro atoms. The maximum absolute atomic E-state index is 4.69. The van der Waals surface area contributed by atoms with Crippen LogP contribution in [-0.2, 0) is 19.5 Å². The second-order valence-corrected chi connectivity index (χ2v) is 6.86. The zero-order chi connectivity index (χ0) is 15.5. The first kappa shape index (κ1) is 16.5. The molecule has 4 heteroatoms. The van der Waals surface area contributed by atoms with E-state index in [4.69, 9.17) is 5.10 Å². The summed E-state index contributed by atoms with van der Waals surface area (Å²) in [5.74, 6) is 0. The van der Waals surface area contributed by atoms with Crippen molar-refractivity contribution in [1.29, 1.82) is 0 Å². The Bertz CT molecular complexity index is 450. The molecule has 1 aromatic heterocycles. The van der Waals surface area contributed by atoms with Crippen molar-refractivity contribution in [2.24, 2.45) is 0 Å². The highest BCUT2D eigenvalue weighted by atomic mass is 15.3. The quantitative estimate of drug-likeness (QED) is 0.875. The third-order valence-corrected chi connectivity index (χ3v) is 4.69. The number of aromatic nitrogens is 2. The van der Waals surface area contributed by atoms with E-state index in [1.807, 2.05) is 0 Å². The van der Waals surface area contributed by atoms with Gasteiger partial charge in [-0.2, -0.15) is 5.10 Å². The number of hydrogen-bond acceptors (Lipinski definition) is 3. The zero-order valence-corrected chi connectivity index (χ0v) is 14.4. The lowest BCUT2D eigenvalue weighted by molar-refractivity contribution is 0.0539. The highest BCUT2D eigenvalue weighted by molar-refractivity contribution is 5.11. The van der Waals surface area contributed by atoms with E-state index in [1.165, 1.54) is 24.2 Å². The van der Waals surface area contributed by atoms with Gasteiger partial charge in [0, 0.05) is 37.8 Å². The largest absolute Gasteiger partial charge is 0.311 e. The minimum Gasteiger partial charge on any atom is -0.311 e. The molecule has 0 radical (unpaired) electrons. The highest BCUT2D eigenvalue weighted by Gasteiger charge is 2.34. The molecule has 1 atom stereocenters. The topological polar surface area (TPSA) is 33.1 Å². The van der Waals surface area contributed by atoms with Crippen molar-refractivity contribution < 1.29 is 0 Å². The average Bonchev–Trinajstić information content (AvgIpc) is 2.85. The van der Waals surface area contributed by atoms with Crippen LogP contribution in [0.25, 0.3) is 0 Å². The molecule has 4 nitrogen and oxygen atoms in total. The Balaban J connectivity index is 2.13. The molecule has 1 unspecified atom stereocenters. The summed E-state index contributed by atoms with van der Waals surface area (Å²) in [6.07, 6.45) is 3.53. The summed E-state index contributed by atoms with van der Waals surface area (Å²) in [5.41, 5.74) is 2.78. The molecule has 0 amide bonds. The van der Waals surface area contributed by atoms with Crippen LogP contribution in [-0.4, -0.2) is 39.4 Å². The highest BCUT2D eigenvalue weighted by Crippen LogP contribution is 2.23. The molecule has 0 aromatic carbocycles. The normalized spacial score (nSPS) is 22.6. The minimum atomic E-state index is 0.208. The number of aryl methyl sites for hydroxylation is 2. The standard InChI is InChI=1S/C17H32N4/c1-6-9-15-11-20(17(4,5)13-18-15)12-16-10-14(7-2)19-21(16)8-3/h10,15,18H,6-9,11-13H2,1-5H3. The van der Waals surface area contributed by atoms with Crippen LogP contribution in [0, 0.1) is 0 Å². The van der Waals surface area contributed by atoms with Crippen molar-refractivity contribution in [2.75, 3.05) is 13.1 Å². The SMILES string of the molecule is CCCC1CN(Cc2cc(CC)nn2CC)C(C)(C)CN1. The van der Waals surface area contributed by atoms with E-state index in [0.29, 0.717) is 6.04 Å². The molecule has 21 heavy (non-hydrogen) atoms. The van der Waals surface area contributed by atoms with Crippen molar-refractivity contribution >= 4 is 0 Å². The van der Waals surface area contributed by atoms with E-state index in [2.05, 4.69) is 55.6 Å². The van der Waals surface area contributed by atoms with Crippen LogP contribution in [0.2, 0.25) is 0 Å². The first-order chi connectivity index (χ1) is 10.00. The first-order valence-electron chi connectivity index (χ1n) is 8.54. The minimum absolute atomic E-state index is 0.208. The molecule has 1 aromatic rings. The molecule has 1 fully saturated rings. The summed E-state index contributed by atoms with van der Waals surface area (Å²) in [7, 11) is 0. The average molecular weight is 292 g/mol. The van der Waals surface area contributed by atoms with Gasteiger partial charge in [0.2, 0.25) is 0 Å². The number of nitrogens with one attached hydrogen (secondary N) is 1. The Morgan fingerprint density at radius 3 is 2.71 bits per heavy atom. The van der Waals surface area contributed by atoms with Crippen molar-refractivity contribution in [2.45, 2.75) is 78.6 Å². The number of hydrogen-bond donors (Lipinski definition) is 1. The van der Waals surface area contributed by atoms with Gasteiger partial charge < -0.3 is 5.32 Å². The molecule has 2 heterocycles. The predicted molar refractivity (Wildman–Crippen MR) is 88.5 cm³/mol. The van der Waals surface area contributed by atoms with Crippen LogP contribution in [0.3, 0.4) is 0 Å². The van der Waals surface area contributed by atoms with Crippen molar-refractivity contribution in [1.82, 2.24) is 20.0 Å². The van der Waals surface area contributed by atoms with Crippen molar-refractivity contribution in [3.8, 4) is 0 Å². The second kappa shape index (κ2) is 6.93. The molecular formula is C17H32N4. The van der Waals surface area contributed by atoms with E-state index < -0.39 is 0 Å². The molecule has 1 N–H and O–H groups in total. The van der Waals surface area contributed by atoms with E-state index in [9.17, 15) is 0 Å². The molecule has 120 valence electrons.